The fourth-order valence-corrected chi connectivity index (χ4v) is 6.07. The van der Waals surface area contributed by atoms with Gasteiger partial charge in [-0.1, -0.05) is 30.3 Å². The lowest BCUT2D eigenvalue weighted by molar-refractivity contribution is 0.228. The standard InChI is InChI=1S/C28H25FN4O/c1-15-25-17-11-24(27(30)31-14-17)34-16(2)22-12-18(29)7-8-21(22)19-5-3-4-6-20(19)23-13-28(9-10-28)33(32-15)26(23)25/h3-8,11-12,14,16,23H,9-10,13H2,1-2H3,(H2,30,31)/t16-,23?/m1/s1. The second-order valence-electron chi connectivity index (χ2n) is 9.92. The smallest absolute Gasteiger partial charge is 0.166 e. The van der Waals surface area contributed by atoms with E-state index >= 15 is 0 Å². The number of nitrogens with zero attached hydrogens (tertiary/aromatic N) is 3. The van der Waals surface area contributed by atoms with E-state index < -0.39 is 6.10 Å². The van der Waals surface area contributed by atoms with Gasteiger partial charge in [-0.05, 0) is 68.0 Å². The van der Waals surface area contributed by atoms with E-state index in [1.54, 1.807) is 6.07 Å². The highest BCUT2D eigenvalue weighted by molar-refractivity contribution is 5.77. The van der Waals surface area contributed by atoms with Crippen LogP contribution in [0.2, 0.25) is 0 Å². The van der Waals surface area contributed by atoms with Crippen molar-refractivity contribution in [2.45, 2.75) is 50.7 Å². The van der Waals surface area contributed by atoms with Crippen LogP contribution in [0.3, 0.4) is 0 Å². The van der Waals surface area contributed by atoms with Crippen LogP contribution in [0.15, 0.2) is 54.7 Å². The molecule has 2 atom stereocenters. The summed E-state index contributed by atoms with van der Waals surface area (Å²) < 4.78 is 23.1. The van der Waals surface area contributed by atoms with E-state index in [2.05, 4.69) is 40.9 Å². The Morgan fingerprint density at radius 1 is 1.09 bits per heavy atom. The van der Waals surface area contributed by atoms with Crippen LogP contribution in [0.4, 0.5) is 10.2 Å². The SMILES string of the molecule is Cc1nn2c3c1-c1cnc(N)c(c1)O[C@H](C)c1cc(F)ccc1-c1ccccc1C3CC21CC1. The Balaban J connectivity index is 1.59. The van der Waals surface area contributed by atoms with Gasteiger partial charge in [0.1, 0.15) is 11.9 Å². The minimum Gasteiger partial charge on any atom is -0.482 e. The Bertz CT molecular complexity index is 1490. The number of hydrogen-bond acceptors (Lipinski definition) is 4. The molecule has 7 rings (SSSR count). The molecule has 170 valence electrons. The fraction of sp³-hybridized carbons (Fsp3) is 0.286. The first-order chi connectivity index (χ1) is 16.4. The number of rotatable bonds is 0. The average Bonchev–Trinajstić information content (AvgIpc) is 3.44. The quantitative estimate of drug-likeness (QED) is 0.349. The number of aromatic nitrogens is 3. The lowest BCUT2D eigenvalue weighted by Crippen LogP contribution is -2.13. The van der Waals surface area contributed by atoms with Crippen LogP contribution < -0.4 is 10.5 Å². The van der Waals surface area contributed by atoms with Gasteiger partial charge in [0.05, 0.1) is 16.9 Å². The van der Waals surface area contributed by atoms with Crippen molar-refractivity contribution in [2.24, 2.45) is 0 Å². The van der Waals surface area contributed by atoms with E-state index in [-0.39, 0.29) is 17.3 Å². The second kappa shape index (κ2) is 6.69. The molecule has 0 amide bonds. The number of nitrogen functional groups attached to an aromatic ring is 1. The largest absolute Gasteiger partial charge is 0.482 e. The molecule has 0 radical (unpaired) electrons. The summed E-state index contributed by atoms with van der Waals surface area (Å²) in [6.07, 6.45) is 4.72. The Morgan fingerprint density at radius 2 is 1.88 bits per heavy atom. The molecule has 6 heteroatoms. The van der Waals surface area contributed by atoms with Gasteiger partial charge in [-0.3, -0.25) is 4.68 Å². The second-order valence-corrected chi connectivity index (χ2v) is 9.92. The lowest BCUT2D eigenvalue weighted by atomic mass is 9.82. The van der Waals surface area contributed by atoms with Crippen molar-refractivity contribution in [1.29, 1.82) is 0 Å². The van der Waals surface area contributed by atoms with Gasteiger partial charge in [-0.15, -0.1) is 0 Å². The van der Waals surface area contributed by atoms with Gasteiger partial charge in [0, 0.05) is 28.8 Å². The number of fused-ring (bicyclic) bond motifs is 8. The molecule has 1 saturated carbocycles. The number of aryl methyl sites for hydroxylation is 1. The van der Waals surface area contributed by atoms with Crippen LogP contribution in [0.1, 0.15) is 60.7 Å². The molecule has 1 spiro atoms. The first kappa shape index (κ1) is 19.8. The maximum Gasteiger partial charge on any atom is 0.166 e. The summed E-state index contributed by atoms with van der Waals surface area (Å²) in [5.74, 6) is 0.726. The van der Waals surface area contributed by atoms with Crippen LogP contribution >= 0.6 is 0 Å². The number of nitrogens with two attached hydrogens (primary N) is 1. The van der Waals surface area contributed by atoms with Gasteiger partial charge < -0.3 is 10.5 Å². The normalized spacial score (nSPS) is 21.0. The number of pyridine rings is 1. The maximum atomic E-state index is 14.5. The number of hydrogen-bond donors (Lipinski definition) is 1. The zero-order chi connectivity index (χ0) is 23.2. The molecule has 2 aromatic heterocycles. The van der Waals surface area contributed by atoms with Gasteiger partial charge in [0.2, 0.25) is 0 Å². The van der Waals surface area contributed by atoms with Crippen LogP contribution in [0, 0.1) is 12.7 Å². The number of anilines is 1. The lowest BCUT2D eigenvalue weighted by Gasteiger charge is -2.24. The zero-order valence-corrected chi connectivity index (χ0v) is 19.2. The molecule has 2 aliphatic heterocycles. The maximum absolute atomic E-state index is 14.5. The minimum absolute atomic E-state index is 0.0930. The van der Waals surface area contributed by atoms with Gasteiger partial charge in [-0.25, -0.2) is 9.37 Å². The Labute approximate surface area is 197 Å². The third kappa shape index (κ3) is 2.65. The van der Waals surface area contributed by atoms with Crippen molar-refractivity contribution in [3.63, 3.8) is 0 Å². The van der Waals surface area contributed by atoms with Crippen molar-refractivity contribution in [3.8, 4) is 28.0 Å². The molecular weight excluding hydrogens is 427 g/mol. The molecule has 1 fully saturated rings. The molecular formula is C28H25FN4O. The van der Waals surface area contributed by atoms with Crippen LogP contribution in [0.5, 0.6) is 5.75 Å². The summed E-state index contributed by atoms with van der Waals surface area (Å²) >= 11 is 0. The minimum atomic E-state index is -0.417. The van der Waals surface area contributed by atoms with E-state index in [0.29, 0.717) is 11.6 Å². The number of ether oxygens (including phenoxy) is 1. The topological polar surface area (TPSA) is 66.0 Å². The molecule has 1 unspecified atom stereocenters. The van der Waals surface area contributed by atoms with Gasteiger partial charge in [0.15, 0.2) is 11.6 Å². The van der Waals surface area contributed by atoms with E-state index in [4.69, 9.17) is 15.6 Å². The Kier molecular flexibility index (Phi) is 3.89. The van der Waals surface area contributed by atoms with E-state index in [0.717, 1.165) is 52.8 Å². The molecule has 5 nitrogen and oxygen atoms in total. The molecule has 2 N–H and O–H groups in total. The third-order valence-corrected chi connectivity index (χ3v) is 7.84. The third-order valence-electron chi connectivity index (χ3n) is 7.84. The van der Waals surface area contributed by atoms with Crippen molar-refractivity contribution < 1.29 is 9.13 Å². The van der Waals surface area contributed by atoms with Crippen molar-refractivity contribution in [1.82, 2.24) is 14.8 Å². The Morgan fingerprint density at radius 3 is 2.71 bits per heavy atom. The first-order valence-electron chi connectivity index (χ1n) is 11.9. The molecule has 1 aliphatic carbocycles. The predicted octanol–water partition coefficient (Wildman–Crippen LogP) is 6.12. The summed E-state index contributed by atoms with van der Waals surface area (Å²) in [6.45, 7) is 4.01. The molecule has 0 saturated heterocycles. The zero-order valence-electron chi connectivity index (χ0n) is 19.2. The monoisotopic (exact) mass is 452 g/mol. The summed E-state index contributed by atoms with van der Waals surface area (Å²) in [7, 11) is 0. The fourth-order valence-electron chi connectivity index (χ4n) is 6.07. The number of halogens is 1. The summed E-state index contributed by atoms with van der Waals surface area (Å²) in [4.78, 5) is 4.47. The number of benzene rings is 2. The summed E-state index contributed by atoms with van der Waals surface area (Å²) in [6, 6.07) is 15.5. The molecule has 4 aromatic rings. The van der Waals surface area contributed by atoms with Crippen molar-refractivity contribution in [3.05, 3.63) is 83.1 Å². The first-order valence-corrected chi connectivity index (χ1v) is 11.9. The summed E-state index contributed by atoms with van der Waals surface area (Å²) in [5.41, 5.74) is 14.8. The highest BCUT2D eigenvalue weighted by Crippen LogP contribution is 2.60. The van der Waals surface area contributed by atoms with E-state index in [9.17, 15) is 4.39 Å². The average molecular weight is 453 g/mol. The van der Waals surface area contributed by atoms with Gasteiger partial charge >= 0.3 is 0 Å². The summed E-state index contributed by atoms with van der Waals surface area (Å²) in [5, 5.41) is 5.05. The van der Waals surface area contributed by atoms with Gasteiger partial charge in [-0.2, -0.15) is 5.10 Å². The molecule has 4 heterocycles. The molecule has 3 aliphatic rings. The Hall–Kier alpha value is -3.67. The molecule has 2 aromatic carbocycles. The van der Waals surface area contributed by atoms with Crippen molar-refractivity contribution >= 4 is 5.82 Å². The van der Waals surface area contributed by atoms with Crippen molar-refractivity contribution in [2.75, 3.05) is 5.73 Å². The molecule has 34 heavy (non-hydrogen) atoms. The van der Waals surface area contributed by atoms with Crippen LogP contribution in [-0.2, 0) is 5.54 Å². The highest BCUT2D eigenvalue weighted by Gasteiger charge is 2.55. The van der Waals surface area contributed by atoms with E-state index in [1.807, 2.05) is 25.3 Å². The highest BCUT2D eigenvalue weighted by atomic mass is 19.1. The van der Waals surface area contributed by atoms with Crippen LogP contribution in [-0.4, -0.2) is 14.8 Å². The van der Waals surface area contributed by atoms with Crippen LogP contribution in [0.25, 0.3) is 22.3 Å². The predicted molar refractivity (Wildman–Crippen MR) is 129 cm³/mol. The molecule has 2 bridgehead atoms. The van der Waals surface area contributed by atoms with E-state index in [1.165, 1.54) is 17.3 Å². The van der Waals surface area contributed by atoms with Gasteiger partial charge in [0.25, 0.3) is 0 Å².